The van der Waals surface area contributed by atoms with E-state index < -0.39 is 5.60 Å². The Labute approximate surface area is 144 Å². The van der Waals surface area contributed by atoms with Crippen LogP contribution >= 0.6 is 11.3 Å². The number of carbonyl (C=O) groups excluding carboxylic acids is 1. The molecule has 2 N–H and O–H groups in total. The largest absolute Gasteiger partial charge is 0.386 e. The lowest BCUT2D eigenvalue weighted by Gasteiger charge is -2.24. The molecule has 24 heavy (non-hydrogen) atoms. The van der Waals surface area contributed by atoms with Crippen LogP contribution in [0.3, 0.4) is 0 Å². The van der Waals surface area contributed by atoms with Gasteiger partial charge in [-0.25, -0.2) is 15.0 Å². The van der Waals surface area contributed by atoms with Gasteiger partial charge in [0.25, 0.3) is 5.91 Å². The summed E-state index contributed by atoms with van der Waals surface area (Å²) in [6.07, 6.45) is 2.11. The van der Waals surface area contributed by atoms with Crippen LogP contribution in [0.2, 0.25) is 0 Å². The summed E-state index contributed by atoms with van der Waals surface area (Å²) in [5.74, 6) is 0.626. The molecule has 2 aromatic heterocycles. The van der Waals surface area contributed by atoms with Crippen molar-refractivity contribution in [3.63, 3.8) is 0 Å². The van der Waals surface area contributed by atoms with E-state index >= 15 is 0 Å². The maximum absolute atomic E-state index is 12.3. The molecule has 0 radical (unpaired) electrons. The minimum Gasteiger partial charge on any atom is -0.386 e. The highest BCUT2D eigenvalue weighted by atomic mass is 32.1. The summed E-state index contributed by atoms with van der Waals surface area (Å²) >= 11 is 1.37. The molecule has 1 aliphatic heterocycles. The molecule has 1 aliphatic rings. The number of hydrogen-bond donors (Lipinski definition) is 2. The Morgan fingerprint density at radius 1 is 1.42 bits per heavy atom. The lowest BCUT2D eigenvalue weighted by Crippen LogP contribution is -2.45. The first-order valence-corrected chi connectivity index (χ1v) is 8.66. The van der Waals surface area contributed by atoms with Gasteiger partial charge in [0.1, 0.15) is 22.6 Å². The second-order valence-corrected chi connectivity index (χ2v) is 7.45. The Hall–Kier alpha value is -2.06. The van der Waals surface area contributed by atoms with Crippen LogP contribution in [-0.2, 0) is 0 Å². The van der Waals surface area contributed by atoms with Crippen molar-refractivity contribution in [2.45, 2.75) is 32.8 Å². The lowest BCUT2D eigenvalue weighted by molar-refractivity contribution is 0.0576. The SMILES string of the molecule is Cc1cc(N2CC[C@@](O)(CNC(=O)c3sc(C)nc3C)C2)ncn1. The van der Waals surface area contributed by atoms with Gasteiger partial charge in [0.2, 0.25) is 0 Å². The molecule has 0 bridgehead atoms. The molecule has 128 valence electrons. The third-order valence-corrected chi connectivity index (χ3v) is 5.21. The number of carbonyl (C=O) groups is 1. The number of nitrogens with one attached hydrogen (secondary N) is 1. The zero-order valence-electron chi connectivity index (χ0n) is 14.0. The normalized spacial score (nSPS) is 20.4. The number of aromatic nitrogens is 3. The van der Waals surface area contributed by atoms with Crippen molar-refractivity contribution in [2.24, 2.45) is 0 Å². The van der Waals surface area contributed by atoms with Crippen molar-refractivity contribution < 1.29 is 9.90 Å². The fourth-order valence-electron chi connectivity index (χ4n) is 2.88. The standard InChI is InChI=1S/C16H21N5O2S/c1-10-6-13(19-9-18-10)21-5-4-16(23,8-21)7-17-15(22)14-11(2)20-12(3)24-14/h6,9,23H,4-5,7-8H2,1-3H3,(H,17,22)/t16-/m1/s1. The van der Waals surface area contributed by atoms with Gasteiger partial charge in [-0.3, -0.25) is 4.79 Å². The van der Waals surface area contributed by atoms with Crippen LogP contribution in [0.1, 0.15) is 32.5 Å². The average Bonchev–Trinajstić information content (AvgIpc) is 3.08. The summed E-state index contributed by atoms with van der Waals surface area (Å²) in [6.45, 7) is 6.95. The van der Waals surface area contributed by atoms with E-state index in [0.717, 1.165) is 22.2 Å². The third-order valence-electron chi connectivity index (χ3n) is 4.13. The summed E-state index contributed by atoms with van der Waals surface area (Å²) in [4.78, 5) is 27.5. The maximum Gasteiger partial charge on any atom is 0.263 e. The quantitative estimate of drug-likeness (QED) is 0.864. The Morgan fingerprint density at radius 3 is 2.88 bits per heavy atom. The second kappa shape index (κ2) is 6.45. The second-order valence-electron chi connectivity index (χ2n) is 6.24. The minimum absolute atomic E-state index is 0.178. The molecular weight excluding hydrogens is 326 g/mol. The van der Waals surface area contributed by atoms with E-state index in [-0.39, 0.29) is 12.5 Å². The summed E-state index contributed by atoms with van der Waals surface area (Å²) < 4.78 is 0. The topological polar surface area (TPSA) is 91.2 Å². The first-order valence-electron chi connectivity index (χ1n) is 7.84. The Balaban J connectivity index is 1.61. The lowest BCUT2D eigenvalue weighted by atomic mass is 10.0. The van der Waals surface area contributed by atoms with E-state index in [2.05, 4.69) is 20.3 Å². The number of aliphatic hydroxyl groups is 1. The molecule has 1 saturated heterocycles. The number of anilines is 1. The van der Waals surface area contributed by atoms with Crippen molar-refractivity contribution in [3.05, 3.63) is 33.7 Å². The Morgan fingerprint density at radius 2 is 2.21 bits per heavy atom. The number of β-amino-alcohol motifs (C(OH)–C–C–N with tert-alkyl or cyclic N) is 1. The van der Waals surface area contributed by atoms with Crippen LogP contribution in [0.4, 0.5) is 5.82 Å². The molecule has 8 heteroatoms. The van der Waals surface area contributed by atoms with Crippen molar-refractivity contribution in [2.75, 3.05) is 24.5 Å². The monoisotopic (exact) mass is 347 g/mol. The van der Waals surface area contributed by atoms with Gasteiger partial charge in [0.05, 0.1) is 10.7 Å². The number of aryl methyl sites for hydroxylation is 3. The fourth-order valence-corrected chi connectivity index (χ4v) is 3.71. The summed E-state index contributed by atoms with van der Waals surface area (Å²) in [5, 5.41) is 14.5. The molecule has 1 fully saturated rings. The Kier molecular flexibility index (Phi) is 4.51. The maximum atomic E-state index is 12.3. The van der Waals surface area contributed by atoms with Gasteiger partial charge in [-0.2, -0.15) is 0 Å². The highest BCUT2D eigenvalue weighted by molar-refractivity contribution is 7.13. The first kappa shape index (κ1) is 16.8. The molecule has 1 amide bonds. The summed E-state index contributed by atoms with van der Waals surface area (Å²) in [5.41, 5.74) is 0.661. The molecule has 0 aromatic carbocycles. The van der Waals surface area contributed by atoms with E-state index in [9.17, 15) is 9.90 Å². The Bertz CT molecular complexity index is 763. The number of rotatable bonds is 4. The van der Waals surface area contributed by atoms with Crippen LogP contribution in [0.5, 0.6) is 0 Å². The number of thiazole rings is 1. The van der Waals surface area contributed by atoms with E-state index in [1.807, 2.05) is 31.7 Å². The third kappa shape index (κ3) is 3.54. The van der Waals surface area contributed by atoms with Crippen LogP contribution in [0, 0.1) is 20.8 Å². The molecule has 2 aromatic rings. The average molecular weight is 347 g/mol. The van der Waals surface area contributed by atoms with Gasteiger partial charge in [-0.15, -0.1) is 11.3 Å². The molecule has 7 nitrogen and oxygen atoms in total. The van der Waals surface area contributed by atoms with Crippen LogP contribution in [-0.4, -0.2) is 51.2 Å². The van der Waals surface area contributed by atoms with Gasteiger partial charge >= 0.3 is 0 Å². The van der Waals surface area contributed by atoms with Crippen molar-refractivity contribution in [1.82, 2.24) is 20.3 Å². The van der Waals surface area contributed by atoms with Crippen LogP contribution in [0.15, 0.2) is 12.4 Å². The van der Waals surface area contributed by atoms with E-state index in [1.165, 1.54) is 17.7 Å². The van der Waals surface area contributed by atoms with Gasteiger partial charge in [-0.05, 0) is 27.2 Å². The fraction of sp³-hybridized carbons (Fsp3) is 0.500. The zero-order valence-corrected chi connectivity index (χ0v) is 14.9. The number of nitrogens with zero attached hydrogens (tertiary/aromatic N) is 4. The molecule has 3 rings (SSSR count). The van der Waals surface area contributed by atoms with Gasteiger partial charge in [-0.1, -0.05) is 0 Å². The number of amides is 1. The molecule has 0 spiro atoms. The predicted molar refractivity (Wildman–Crippen MR) is 92.5 cm³/mol. The smallest absolute Gasteiger partial charge is 0.263 e. The van der Waals surface area contributed by atoms with Crippen LogP contribution in [0.25, 0.3) is 0 Å². The molecular formula is C16H21N5O2S. The van der Waals surface area contributed by atoms with Gasteiger partial charge in [0, 0.05) is 31.4 Å². The first-order chi connectivity index (χ1) is 11.4. The van der Waals surface area contributed by atoms with E-state index in [1.54, 1.807) is 0 Å². The minimum atomic E-state index is -0.956. The molecule has 3 heterocycles. The molecule has 1 atom stereocenters. The highest BCUT2D eigenvalue weighted by Crippen LogP contribution is 2.25. The highest BCUT2D eigenvalue weighted by Gasteiger charge is 2.37. The zero-order chi connectivity index (χ0) is 17.3. The van der Waals surface area contributed by atoms with E-state index in [0.29, 0.717) is 24.4 Å². The van der Waals surface area contributed by atoms with Gasteiger partial charge in [0.15, 0.2) is 0 Å². The van der Waals surface area contributed by atoms with Gasteiger partial charge < -0.3 is 15.3 Å². The summed E-state index contributed by atoms with van der Waals surface area (Å²) in [6, 6.07) is 1.90. The van der Waals surface area contributed by atoms with E-state index in [4.69, 9.17) is 0 Å². The van der Waals surface area contributed by atoms with Crippen molar-refractivity contribution in [1.29, 1.82) is 0 Å². The molecule has 0 unspecified atom stereocenters. The number of hydrogen-bond acceptors (Lipinski definition) is 7. The molecule has 0 aliphatic carbocycles. The van der Waals surface area contributed by atoms with Crippen molar-refractivity contribution >= 4 is 23.1 Å². The molecule has 0 saturated carbocycles. The van der Waals surface area contributed by atoms with Crippen molar-refractivity contribution in [3.8, 4) is 0 Å². The predicted octanol–water partition coefficient (Wildman–Crippen LogP) is 1.23. The van der Waals surface area contributed by atoms with Crippen LogP contribution < -0.4 is 10.2 Å². The summed E-state index contributed by atoms with van der Waals surface area (Å²) in [7, 11) is 0.